The molecule has 2 aromatic carbocycles. The lowest BCUT2D eigenvalue weighted by Crippen LogP contribution is -2.46. The summed E-state index contributed by atoms with van der Waals surface area (Å²) in [4.78, 5) is 18.0. The maximum atomic E-state index is 12.8. The molecule has 26 heavy (non-hydrogen) atoms. The average Bonchev–Trinajstić information content (AvgIpc) is 2.66. The molecule has 0 bridgehead atoms. The normalized spacial score (nSPS) is 17.0. The highest BCUT2D eigenvalue weighted by Gasteiger charge is 2.25. The summed E-state index contributed by atoms with van der Waals surface area (Å²) in [5.41, 5.74) is 3.48. The molecule has 138 valence electrons. The molecule has 1 aliphatic rings. The van der Waals surface area contributed by atoms with Crippen LogP contribution < -0.4 is 0 Å². The molecule has 1 heterocycles. The summed E-state index contributed by atoms with van der Waals surface area (Å²) in [7, 11) is 4.01. The van der Waals surface area contributed by atoms with Crippen molar-refractivity contribution >= 4 is 17.7 Å². The molecule has 1 aliphatic heterocycles. The van der Waals surface area contributed by atoms with Crippen molar-refractivity contribution in [3.63, 3.8) is 0 Å². The van der Waals surface area contributed by atoms with E-state index in [0.717, 1.165) is 17.9 Å². The first-order chi connectivity index (χ1) is 12.6. The first kappa shape index (κ1) is 19.0. The molecule has 0 spiro atoms. The second-order valence-corrected chi connectivity index (χ2v) is 7.99. The van der Waals surface area contributed by atoms with E-state index < -0.39 is 0 Å². The van der Waals surface area contributed by atoms with E-state index in [1.807, 2.05) is 36.2 Å². The van der Waals surface area contributed by atoms with Crippen LogP contribution in [0.5, 0.6) is 0 Å². The van der Waals surface area contributed by atoms with Gasteiger partial charge in [-0.1, -0.05) is 24.3 Å². The summed E-state index contributed by atoms with van der Waals surface area (Å²) in [6.45, 7) is 1.80. The van der Waals surface area contributed by atoms with Crippen LogP contribution in [-0.2, 0) is 13.0 Å². The smallest absolute Gasteiger partial charge is 0.253 e. The number of fused-ring (bicyclic) bond motifs is 1. The van der Waals surface area contributed by atoms with Gasteiger partial charge in [0, 0.05) is 42.4 Å². The Morgan fingerprint density at radius 2 is 1.88 bits per heavy atom. The van der Waals surface area contributed by atoms with E-state index >= 15 is 0 Å². The molecule has 1 unspecified atom stereocenters. The number of hydrogen-bond acceptors (Lipinski definition) is 4. The van der Waals surface area contributed by atoms with Gasteiger partial charge in [0.15, 0.2) is 0 Å². The Morgan fingerprint density at radius 1 is 1.19 bits per heavy atom. The molecular formula is C21H26N2O2S. The van der Waals surface area contributed by atoms with Gasteiger partial charge in [0.1, 0.15) is 0 Å². The SMILES string of the molecule is CN(CC1Cc2ccccc2CN1C)C(=O)c1ccc(SCCO)cc1. The van der Waals surface area contributed by atoms with Crippen LogP contribution in [0, 0.1) is 0 Å². The maximum absolute atomic E-state index is 12.8. The zero-order valence-electron chi connectivity index (χ0n) is 15.4. The lowest BCUT2D eigenvalue weighted by atomic mass is 9.94. The summed E-state index contributed by atoms with van der Waals surface area (Å²) in [5, 5.41) is 8.90. The number of hydrogen-bond donors (Lipinski definition) is 1. The number of benzene rings is 2. The van der Waals surface area contributed by atoms with Gasteiger partial charge in [-0.2, -0.15) is 0 Å². The highest BCUT2D eigenvalue weighted by molar-refractivity contribution is 7.99. The third kappa shape index (κ3) is 4.47. The third-order valence-corrected chi connectivity index (χ3v) is 5.90. The molecule has 0 radical (unpaired) electrons. The molecule has 0 aromatic heterocycles. The first-order valence-corrected chi connectivity index (χ1v) is 9.93. The van der Waals surface area contributed by atoms with E-state index in [-0.39, 0.29) is 12.5 Å². The van der Waals surface area contributed by atoms with E-state index in [0.29, 0.717) is 23.9 Å². The van der Waals surface area contributed by atoms with Gasteiger partial charge < -0.3 is 10.0 Å². The van der Waals surface area contributed by atoms with Gasteiger partial charge in [-0.05, 0) is 48.9 Å². The van der Waals surface area contributed by atoms with Crippen LogP contribution in [0.1, 0.15) is 21.5 Å². The van der Waals surface area contributed by atoms with Gasteiger partial charge in [-0.25, -0.2) is 0 Å². The van der Waals surface area contributed by atoms with Crippen molar-refractivity contribution in [2.45, 2.75) is 23.9 Å². The van der Waals surface area contributed by atoms with Gasteiger partial charge >= 0.3 is 0 Å². The predicted molar refractivity (Wildman–Crippen MR) is 107 cm³/mol. The quantitative estimate of drug-likeness (QED) is 0.794. The molecule has 1 atom stereocenters. The number of thioether (sulfide) groups is 1. The molecule has 0 saturated carbocycles. The molecular weight excluding hydrogens is 344 g/mol. The fraction of sp³-hybridized carbons (Fsp3) is 0.381. The maximum Gasteiger partial charge on any atom is 0.253 e. The van der Waals surface area contributed by atoms with Crippen LogP contribution in [0.4, 0.5) is 0 Å². The number of rotatable bonds is 6. The molecule has 3 rings (SSSR count). The summed E-state index contributed by atoms with van der Waals surface area (Å²) >= 11 is 1.59. The van der Waals surface area contributed by atoms with Gasteiger partial charge in [0.2, 0.25) is 0 Å². The van der Waals surface area contributed by atoms with Crippen molar-refractivity contribution in [3.05, 3.63) is 65.2 Å². The van der Waals surface area contributed by atoms with Crippen LogP contribution >= 0.6 is 11.8 Å². The molecule has 2 aromatic rings. The Hall–Kier alpha value is -1.82. The van der Waals surface area contributed by atoms with E-state index in [9.17, 15) is 4.79 Å². The minimum Gasteiger partial charge on any atom is -0.396 e. The van der Waals surface area contributed by atoms with Crippen LogP contribution in [0.15, 0.2) is 53.4 Å². The van der Waals surface area contributed by atoms with Gasteiger partial charge in [0.25, 0.3) is 5.91 Å². The number of aliphatic hydroxyl groups excluding tert-OH is 1. The molecule has 4 nitrogen and oxygen atoms in total. The topological polar surface area (TPSA) is 43.8 Å². The lowest BCUT2D eigenvalue weighted by molar-refractivity contribution is 0.0733. The number of carbonyl (C=O) groups excluding carboxylic acids is 1. The van der Waals surface area contributed by atoms with Crippen molar-refractivity contribution in [1.82, 2.24) is 9.80 Å². The molecule has 0 aliphatic carbocycles. The lowest BCUT2D eigenvalue weighted by Gasteiger charge is -2.36. The third-order valence-electron chi connectivity index (χ3n) is 4.91. The highest BCUT2D eigenvalue weighted by Crippen LogP contribution is 2.23. The van der Waals surface area contributed by atoms with Crippen molar-refractivity contribution in [1.29, 1.82) is 0 Å². The van der Waals surface area contributed by atoms with Crippen molar-refractivity contribution in [2.24, 2.45) is 0 Å². The number of carbonyl (C=O) groups is 1. The van der Waals surface area contributed by atoms with E-state index in [1.165, 1.54) is 11.1 Å². The Kier molecular flexibility index (Phi) is 6.35. The second kappa shape index (κ2) is 8.71. The predicted octanol–water partition coefficient (Wildman–Crippen LogP) is 2.90. The Balaban J connectivity index is 1.62. The number of aliphatic hydroxyl groups is 1. The van der Waals surface area contributed by atoms with Crippen LogP contribution in [0.3, 0.4) is 0 Å². The van der Waals surface area contributed by atoms with E-state index in [4.69, 9.17) is 5.11 Å². The van der Waals surface area contributed by atoms with Gasteiger partial charge in [0.05, 0.1) is 6.61 Å². The average molecular weight is 371 g/mol. The minimum atomic E-state index is 0.0518. The second-order valence-electron chi connectivity index (χ2n) is 6.82. The highest BCUT2D eigenvalue weighted by atomic mass is 32.2. The standard InChI is InChI=1S/C21H26N2O2S/c1-22-14-18-6-4-3-5-17(18)13-19(22)15-23(2)21(25)16-7-9-20(10-8-16)26-12-11-24/h3-10,19,24H,11-15H2,1-2H3. The van der Waals surface area contributed by atoms with Gasteiger partial charge in [-0.15, -0.1) is 11.8 Å². The van der Waals surface area contributed by atoms with Crippen molar-refractivity contribution in [3.8, 4) is 0 Å². The summed E-state index contributed by atoms with van der Waals surface area (Å²) in [6, 6.07) is 16.5. The number of nitrogens with zero attached hydrogens (tertiary/aromatic N) is 2. The first-order valence-electron chi connectivity index (χ1n) is 8.94. The fourth-order valence-corrected chi connectivity index (χ4v) is 4.05. The molecule has 0 saturated heterocycles. The fourth-order valence-electron chi connectivity index (χ4n) is 3.40. The zero-order valence-corrected chi connectivity index (χ0v) is 16.2. The van der Waals surface area contributed by atoms with Crippen molar-refractivity contribution < 1.29 is 9.90 Å². The summed E-state index contributed by atoms with van der Waals surface area (Å²) in [6.07, 6.45) is 0.973. The number of amides is 1. The van der Waals surface area contributed by atoms with Crippen molar-refractivity contribution in [2.75, 3.05) is 33.0 Å². The Labute approximate surface area is 159 Å². The van der Waals surface area contributed by atoms with Crippen LogP contribution in [0.25, 0.3) is 0 Å². The van der Waals surface area contributed by atoms with E-state index in [1.54, 1.807) is 11.8 Å². The van der Waals surface area contributed by atoms with E-state index in [2.05, 4.69) is 36.2 Å². The van der Waals surface area contributed by atoms with Crippen LogP contribution in [-0.4, -0.2) is 59.9 Å². The summed E-state index contributed by atoms with van der Waals surface area (Å²) < 4.78 is 0. The molecule has 1 amide bonds. The zero-order chi connectivity index (χ0) is 18.5. The monoisotopic (exact) mass is 370 g/mol. The molecule has 0 fully saturated rings. The largest absolute Gasteiger partial charge is 0.396 e. The Morgan fingerprint density at radius 3 is 2.58 bits per heavy atom. The number of likely N-dealkylation sites (N-methyl/N-ethyl adjacent to an activating group) is 2. The summed E-state index contributed by atoms with van der Waals surface area (Å²) in [5.74, 6) is 0.721. The van der Waals surface area contributed by atoms with Crippen LogP contribution in [0.2, 0.25) is 0 Å². The molecule has 5 heteroatoms. The minimum absolute atomic E-state index is 0.0518. The Bertz CT molecular complexity index is 748. The molecule has 1 N–H and O–H groups in total. The van der Waals surface area contributed by atoms with Gasteiger partial charge in [-0.3, -0.25) is 9.69 Å².